The van der Waals surface area contributed by atoms with Crippen LogP contribution in [0.5, 0.6) is 0 Å². The Morgan fingerprint density at radius 3 is 2.62 bits per heavy atom. The molecule has 1 unspecified atom stereocenters. The van der Waals surface area contributed by atoms with Crippen molar-refractivity contribution in [1.29, 1.82) is 0 Å². The largest absolute Gasteiger partial charge is 0.352 e. The second-order valence-electron chi connectivity index (χ2n) is 4.19. The number of nitrogens with one attached hydrogen (secondary N) is 1. The third kappa shape index (κ3) is 5.34. The quantitative estimate of drug-likeness (QED) is 0.729. The molecule has 1 aromatic rings. The van der Waals surface area contributed by atoms with Crippen molar-refractivity contribution in [2.24, 2.45) is 5.14 Å². The predicted molar refractivity (Wildman–Crippen MR) is 78.7 cm³/mol. The fraction of sp³-hybridized carbons (Fsp3) is 0.364. The van der Waals surface area contributed by atoms with E-state index in [1.165, 1.54) is 6.26 Å². The second kappa shape index (κ2) is 7.30. The summed E-state index contributed by atoms with van der Waals surface area (Å²) >= 11 is 5.72. The lowest BCUT2D eigenvalue weighted by Crippen LogP contribution is -2.26. The van der Waals surface area contributed by atoms with Crippen molar-refractivity contribution in [3.63, 3.8) is 0 Å². The molecule has 1 rings (SSSR count). The van der Waals surface area contributed by atoms with Crippen LogP contribution in [0.15, 0.2) is 17.0 Å². The fourth-order valence-corrected chi connectivity index (χ4v) is 2.89. The molecule has 0 aromatic heterocycles. The molecule has 0 aliphatic carbocycles. The Hall–Kier alpha value is -1.03. The van der Waals surface area contributed by atoms with Gasteiger partial charge in [0.25, 0.3) is 5.91 Å². The summed E-state index contributed by atoms with van der Waals surface area (Å²) in [4.78, 5) is 11.1. The molecule has 0 aliphatic rings. The molecule has 1 atom stereocenters. The monoisotopic (exact) mass is 356 g/mol. The van der Waals surface area contributed by atoms with Gasteiger partial charge in [0.1, 0.15) is 10.7 Å². The third-order valence-corrected chi connectivity index (χ3v) is 4.57. The highest BCUT2D eigenvalue weighted by Crippen LogP contribution is 2.23. The molecular formula is C11H14ClFN2O4S2. The third-order valence-electron chi connectivity index (χ3n) is 2.47. The van der Waals surface area contributed by atoms with Gasteiger partial charge in [0.05, 0.1) is 10.6 Å². The van der Waals surface area contributed by atoms with E-state index in [1.54, 1.807) is 0 Å². The molecule has 1 amide bonds. The molecule has 3 N–H and O–H groups in total. The van der Waals surface area contributed by atoms with Gasteiger partial charge in [-0.1, -0.05) is 11.6 Å². The normalized spacial score (nSPS) is 13.0. The number of carbonyl (C=O) groups is 1. The highest BCUT2D eigenvalue weighted by atomic mass is 35.5. The van der Waals surface area contributed by atoms with E-state index in [1.807, 2.05) is 0 Å². The maximum Gasteiger partial charge on any atom is 0.252 e. The standard InChI is InChI=1S/C11H14ClFN2O4S2/c1-20(17)4-2-3-15-11(16)7-5-10(21(14,18)19)9(13)6-8(7)12/h5-6H,2-4H2,1H3,(H,15,16)(H2,14,18,19). The van der Waals surface area contributed by atoms with Gasteiger partial charge in [-0.3, -0.25) is 9.00 Å². The fourth-order valence-electron chi connectivity index (χ4n) is 1.49. The van der Waals surface area contributed by atoms with Crippen molar-refractivity contribution in [1.82, 2.24) is 5.32 Å². The van der Waals surface area contributed by atoms with Crippen molar-refractivity contribution in [2.75, 3.05) is 18.6 Å². The number of sulfonamides is 1. The van der Waals surface area contributed by atoms with Gasteiger partial charge in [-0.2, -0.15) is 0 Å². The van der Waals surface area contributed by atoms with Crippen LogP contribution in [0.1, 0.15) is 16.8 Å². The Kier molecular flexibility index (Phi) is 6.26. The Balaban J connectivity index is 2.92. The Labute approximate surface area is 129 Å². The molecule has 0 saturated heterocycles. The van der Waals surface area contributed by atoms with Crippen molar-refractivity contribution >= 4 is 38.3 Å². The van der Waals surface area contributed by atoms with Crippen LogP contribution in [0, 0.1) is 5.82 Å². The van der Waals surface area contributed by atoms with Crippen LogP contribution in [0.3, 0.4) is 0 Å². The molecule has 0 heterocycles. The van der Waals surface area contributed by atoms with Crippen molar-refractivity contribution < 1.29 is 21.8 Å². The number of hydrogen-bond acceptors (Lipinski definition) is 4. The van der Waals surface area contributed by atoms with Gasteiger partial charge in [-0.25, -0.2) is 17.9 Å². The lowest BCUT2D eigenvalue weighted by atomic mass is 10.2. The van der Waals surface area contributed by atoms with Gasteiger partial charge in [0.15, 0.2) is 0 Å². The summed E-state index contributed by atoms with van der Waals surface area (Å²) in [6, 6.07) is 1.51. The molecule has 6 nitrogen and oxygen atoms in total. The van der Waals surface area contributed by atoms with Gasteiger partial charge in [0.2, 0.25) is 10.0 Å². The topological polar surface area (TPSA) is 106 Å². The summed E-state index contributed by atoms with van der Waals surface area (Å²) in [6.07, 6.45) is 2.02. The SMILES string of the molecule is CS(=O)CCCNC(=O)c1cc(S(N)(=O)=O)c(F)cc1Cl. The summed E-state index contributed by atoms with van der Waals surface area (Å²) in [5, 5.41) is 7.11. The number of nitrogens with two attached hydrogens (primary N) is 1. The molecule has 21 heavy (non-hydrogen) atoms. The first-order chi connectivity index (χ1) is 9.62. The molecule has 0 aliphatic heterocycles. The zero-order chi connectivity index (χ0) is 16.2. The van der Waals surface area contributed by atoms with Gasteiger partial charge >= 0.3 is 0 Å². The minimum atomic E-state index is -4.30. The predicted octanol–water partition coefficient (Wildman–Crippen LogP) is 0.625. The van der Waals surface area contributed by atoms with E-state index in [0.717, 1.165) is 12.1 Å². The minimum absolute atomic E-state index is 0.195. The first kappa shape index (κ1) is 18.0. The first-order valence-electron chi connectivity index (χ1n) is 5.73. The Bertz CT molecular complexity index is 679. The molecule has 0 saturated carbocycles. The highest BCUT2D eigenvalue weighted by Gasteiger charge is 2.20. The van der Waals surface area contributed by atoms with Crippen LogP contribution in [0.25, 0.3) is 0 Å². The molecule has 0 spiro atoms. The van der Waals surface area contributed by atoms with Crippen LogP contribution >= 0.6 is 11.6 Å². The zero-order valence-electron chi connectivity index (χ0n) is 11.1. The number of amides is 1. The molecule has 10 heteroatoms. The van der Waals surface area contributed by atoms with Crippen LogP contribution in [-0.2, 0) is 20.8 Å². The van der Waals surface area contributed by atoms with E-state index in [0.29, 0.717) is 12.2 Å². The van der Waals surface area contributed by atoms with Crippen LogP contribution in [0.4, 0.5) is 4.39 Å². The van der Waals surface area contributed by atoms with E-state index in [2.05, 4.69) is 5.32 Å². The van der Waals surface area contributed by atoms with E-state index in [4.69, 9.17) is 16.7 Å². The summed E-state index contributed by atoms with van der Waals surface area (Å²) in [6.45, 7) is 0.233. The summed E-state index contributed by atoms with van der Waals surface area (Å²) in [5.74, 6) is -1.37. The first-order valence-corrected chi connectivity index (χ1v) is 9.38. The second-order valence-corrected chi connectivity index (χ2v) is 7.69. The van der Waals surface area contributed by atoms with Gasteiger partial charge in [-0.15, -0.1) is 0 Å². The van der Waals surface area contributed by atoms with Crippen molar-refractivity contribution in [2.45, 2.75) is 11.3 Å². The van der Waals surface area contributed by atoms with Crippen molar-refractivity contribution in [3.8, 4) is 0 Å². The number of rotatable bonds is 6. The van der Waals surface area contributed by atoms with Gasteiger partial charge in [0, 0.05) is 29.4 Å². The molecule has 1 aromatic carbocycles. The van der Waals surface area contributed by atoms with Crippen LogP contribution in [0.2, 0.25) is 5.02 Å². The lowest BCUT2D eigenvalue weighted by molar-refractivity contribution is 0.0953. The summed E-state index contributed by atoms with van der Waals surface area (Å²) in [7, 11) is -5.27. The maximum absolute atomic E-state index is 13.5. The van der Waals surface area contributed by atoms with E-state index >= 15 is 0 Å². The Morgan fingerprint density at radius 2 is 2.10 bits per heavy atom. The summed E-state index contributed by atoms with van der Waals surface area (Å²) in [5.41, 5.74) is -0.195. The van der Waals surface area contributed by atoms with Gasteiger partial charge < -0.3 is 5.32 Å². The van der Waals surface area contributed by atoms with E-state index in [-0.39, 0.29) is 17.1 Å². The molecule has 0 radical (unpaired) electrons. The van der Waals surface area contributed by atoms with Crippen LogP contribution in [-0.4, -0.2) is 37.1 Å². The highest BCUT2D eigenvalue weighted by molar-refractivity contribution is 7.89. The smallest absolute Gasteiger partial charge is 0.252 e. The Morgan fingerprint density at radius 1 is 1.48 bits per heavy atom. The average Bonchev–Trinajstić information content (AvgIpc) is 2.32. The minimum Gasteiger partial charge on any atom is -0.352 e. The maximum atomic E-state index is 13.5. The van der Waals surface area contributed by atoms with E-state index in [9.17, 15) is 21.8 Å². The van der Waals surface area contributed by atoms with Gasteiger partial charge in [-0.05, 0) is 18.6 Å². The summed E-state index contributed by atoms with van der Waals surface area (Å²) < 4.78 is 46.7. The van der Waals surface area contributed by atoms with E-state index < -0.39 is 37.4 Å². The van der Waals surface area contributed by atoms with Crippen LogP contribution < -0.4 is 10.5 Å². The number of carbonyl (C=O) groups excluding carboxylic acids is 1. The van der Waals surface area contributed by atoms with Crippen molar-refractivity contribution in [3.05, 3.63) is 28.5 Å². The molecule has 0 bridgehead atoms. The zero-order valence-corrected chi connectivity index (χ0v) is 13.4. The number of halogens is 2. The lowest BCUT2D eigenvalue weighted by Gasteiger charge is -2.09. The number of benzene rings is 1. The number of hydrogen-bond donors (Lipinski definition) is 2. The molecular weight excluding hydrogens is 343 g/mol. The number of primary sulfonamides is 1. The average molecular weight is 357 g/mol. The molecule has 0 fully saturated rings. The molecule has 118 valence electrons.